The second-order valence-corrected chi connectivity index (χ2v) is 2.58. The number of aliphatic hydroxyl groups is 2. The number of carbonyl (C=O) groups is 1. The highest BCUT2D eigenvalue weighted by atomic mass is 16.4. The Labute approximate surface area is 88.2 Å². The van der Waals surface area contributed by atoms with Gasteiger partial charge in [-0.25, -0.2) is 4.79 Å². The van der Waals surface area contributed by atoms with E-state index in [1.54, 1.807) is 6.08 Å². The van der Waals surface area contributed by atoms with Crippen molar-refractivity contribution in [2.45, 2.75) is 25.6 Å². The molecule has 0 aliphatic rings. The third-order valence-corrected chi connectivity index (χ3v) is 1.34. The van der Waals surface area contributed by atoms with Crippen molar-refractivity contribution in [1.29, 1.82) is 0 Å². The molecule has 3 N–H and O–H groups in total. The maximum Gasteiger partial charge on any atom is 0.336 e. The van der Waals surface area contributed by atoms with E-state index in [1.807, 2.05) is 13.0 Å². The van der Waals surface area contributed by atoms with Gasteiger partial charge >= 0.3 is 5.97 Å². The highest BCUT2D eigenvalue weighted by Crippen LogP contribution is 1.90. The summed E-state index contributed by atoms with van der Waals surface area (Å²) < 4.78 is 0. The summed E-state index contributed by atoms with van der Waals surface area (Å²) in [6.45, 7) is 1.96. The lowest BCUT2D eigenvalue weighted by molar-refractivity contribution is -0.150. The lowest BCUT2D eigenvalue weighted by Crippen LogP contribution is -2.32. The quantitative estimate of drug-likeness (QED) is 0.560. The second kappa shape index (κ2) is 7.64. The summed E-state index contributed by atoms with van der Waals surface area (Å²) in [5.41, 5.74) is 0. The van der Waals surface area contributed by atoms with E-state index >= 15 is 0 Å². The molecule has 0 aromatic heterocycles. The Morgan fingerprint density at radius 3 is 2.60 bits per heavy atom. The van der Waals surface area contributed by atoms with Crippen LogP contribution in [0.25, 0.3) is 0 Å². The zero-order chi connectivity index (χ0) is 11.7. The van der Waals surface area contributed by atoms with E-state index in [2.05, 4.69) is 23.7 Å². The first kappa shape index (κ1) is 13.2. The number of allylic oxidation sites excluding steroid dienone is 2. The minimum absolute atomic E-state index is 0.864. The Morgan fingerprint density at radius 1 is 1.40 bits per heavy atom. The molecule has 0 radical (unpaired) electrons. The maximum absolute atomic E-state index is 10.2. The van der Waals surface area contributed by atoms with Crippen LogP contribution in [-0.4, -0.2) is 33.5 Å². The molecule has 2 atom stereocenters. The van der Waals surface area contributed by atoms with Crippen LogP contribution in [0.5, 0.6) is 0 Å². The standard InChI is InChI=1S/C11H12O4/c1-2-3-4-5-6-7-8-9(12)10(13)11(14)15/h3-4,9-10,12-13H,2H2,1H3,(H,14,15)/b4-3+. The predicted molar refractivity (Wildman–Crippen MR) is 54.6 cm³/mol. The van der Waals surface area contributed by atoms with Gasteiger partial charge in [-0.2, -0.15) is 0 Å². The van der Waals surface area contributed by atoms with Crippen LogP contribution in [0.3, 0.4) is 0 Å². The summed E-state index contributed by atoms with van der Waals surface area (Å²) in [4.78, 5) is 10.2. The number of aliphatic hydroxyl groups excluding tert-OH is 2. The van der Waals surface area contributed by atoms with Gasteiger partial charge in [0.2, 0.25) is 0 Å². The fourth-order valence-corrected chi connectivity index (χ4v) is 0.579. The number of carboxylic acids is 1. The summed E-state index contributed by atoms with van der Waals surface area (Å²) in [6, 6.07) is 0. The monoisotopic (exact) mass is 208 g/mol. The maximum atomic E-state index is 10.2. The Balaban J connectivity index is 4.21. The van der Waals surface area contributed by atoms with Gasteiger partial charge in [-0.15, -0.1) is 0 Å². The van der Waals surface area contributed by atoms with E-state index in [0.29, 0.717) is 0 Å². The van der Waals surface area contributed by atoms with Gasteiger partial charge in [-0.05, 0) is 24.3 Å². The highest BCUT2D eigenvalue weighted by Gasteiger charge is 2.21. The number of hydrogen-bond donors (Lipinski definition) is 3. The molecule has 0 saturated carbocycles. The molecule has 0 aliphatic carbocycles. The number of rotatable bonds is 3. The van der Waals surface area contributed by atoms with Crippen LogP contribution in [0.1, 0.15) is 13.3 Å². The van der Waals surface area contributed by atoms with E-state index in [1.165, 1.54) is 0 Å². The second-order valence-electron chi connectivity index (χ2n) is 2.58. The van der Waals surface area contributed by atoms with E-state index in [-0.39, 0.29) is 0 Å². The molecule has 4 heteroatoms. The van der Waals surface area contributed by atoms with Crippen LogP contribution in [0, 0.1) is 23.7 Å². The van der Waals surface area contributed by atoms with Gasteiger partial charge in [0.15, 0.2) is 12.2 Å². The molecule has 15 heavy (non-hydrogen) atoms. The van der Waals surface area contributed by atoms with Crippen LogP contribution >= 0.6 is 0 Å². The fourth-order valence-electron chi connectivity index (χ4n) is 0.579. The van der Waals surface area contributed by atoms with Crippen molar-refractivity contribution in [3.05, 3.63) is 12.2 Å². The summed E-state index contributed by atoms with van der Waals surface area (Å²) >= 11 is 0. The lowest BCUT2D eigenvalue weighted by Gasteiger charge is -2.05. The largest absolute Gasteiger partial charge is 0.479 e. The summed E-state index contributed by atoms with van der Waals surface area (Å²) in [6.07, 6.45) is 0.784. The predicted octanol–water partition coefficient (Wildman–Crippen LogP) is -0.234. The average Bonchev–Trinajstić information content (AvgIpc) is 2.21. The molecule has 80 valence electrons. The number of aliphatic carboxylic acids is 1. The number of carboxylic acid groups (broad SMARTS) is 1. The minimum Gasteiger partial charge on any atom is -0.479 e. The van der Waals surface area contributed by atoms with Gasteiger partial charge in [0, 0.05) is 0 Å². The zero-order valence-corrected chi connectivity index (χ0v) is 8.27. The number of hydrogen-bond acceptors (Lipinski definition) is 3. The third kappa shape index (κ3) is 6.34. The van der Waals surface area contributed by atoms with Gasteiger partial charge in [-0.3, -0.25) is 0 Å². The lowest BCUT2D eigenvalue weighted by atomic mass is 10.2. The molecule has 2 unspecified atom stereocenters. The topological polar surface area (TPSA) is 77.8 Å². The average molecular weight is 208 g/mol. The van der Waals surface area contributed by atoms with Crippen molar-refractivity contribution in [2.75, 3.05) is 0 Å². The van der Waals surface area contributed by atoms with E-state index < -0.39 is 18.2 Å². The van der Waals surface area contributed by atoms with Crippen LogP contribution in [0.15, 0.2) is 12.2 Å². The molecule has 0 aliphatic heterocycles. The SMILES string of the molecule is CC/C=C/C#CC#CC(O)C(O)C(=O)O. The molecule has 0 heterocycles. The molecule has 0 spiro atoms. The molecule has 0 saturated heterocycles. The molecular weight excluding hydrogens is 196 g/mol. The Kier molecular flexibility index (Phi) is 6.74. The van der Waals surface area contributed by atoms with E-state index in [0.717, 1.165) is 6.42 Å². The Bertz CT molecular complexity index is 348. The van der Waals surface area contributed by atoms with E-state index in [9.17, 15) is 4.79 Å². The van der Waals surface area contributed by atoms with Crippen molar-refractivity contribution in [3.63, 3.8) is 0 Å². The van der Waals surface area contributed by atoms with Crippen LogP contribution < -0.4 is 0 Å². The summed E-state index contributed by atoms with van der Waals surface area (Å²) in [7, 11) is 0. The van der Waals surface area contributed by atoms with Crippen LogP contribution in [0.2, 0.25) is 0 Å². The van der Waals surface area contributed by atoms with Gasteiger partial charge in [0.25, 0.3) is 0 Å². The van der Waals surface area contributed by atoms with Crippen molar-refractivity contribution in [2.24, 2.45) is 0 Å². The highest BCUT2D eigenvalue weighted by molar-refractivity contribution is 5.73. The van der Waals surface area contributed by atoms with Gasteiger partial charge in [-0.1, -0.05) is 24.8 Å². The first-order chi connectivity index (χ1) is 7.09. The molecule has 4 nitrogen and oxygen atoms in total. The van der Waals surface area contributed by atoms with Crippen molar-refractivity contribution >= 4 is 5.97 Å². The summed E-state index contributed by atoms with van der Waals surface area (Å²) in [5.74, 6) is 7.78. The van der Waals surface area contributed by atoms with Gasteiger partial charge < -0.3 is 15.3 Å². The van der Waals surface area contributed by atoms with Crippen molar-refractivity contribution in [1.82, 2.24) is 0 Å². The molecule has 0 rings (SSSR count). The normalized spacial score (nSPS) is 13.3. The zero-order valence-electron chi connectivity index (χ0n) is 8.27. The Hall–Kier alpha value is -1.75. The fraction of sp³-hybridized carbons (Fsp3) is 0.364. The van der Waals surface area contributed by atoms with Gasteiger partial charge in [0.1, 0.15) is 0 Å². The van der Waals surface area contributed by atoms with Gasteiger partial charge in [0.05, 0.1) is 0 Å². The smallest absolute Gasteiger partial charge is 0.336 e. The first-order valence-electron chi connectivity index (χ1n) is 4.34. The molecule has 0 bridgehead atoms. The van der Waals surface area contributed by atoms with Crippen LogP contribution in [0.4, 0.5) is 0 Å². The first-order valence-corrected chi connectivity index (χ1v) is 4.34. The van der Waals surface area contributed by atoms with Crippen molar-refractivity contribution in [3.8, 4) is 23.7 Å². The third-order valence-electron chi connectivity index (χ3n) is 1.34. The molecular formula is C11H12O4. The molecule has 0 amide bonds. The van der Waals surface area contributed by atoms with E-state index in [4.69, 9.17) is 15.3 Å². The summed E-state index contributed by atoms with van der Waals surface area (Å²) in [5, 5.41) is 26.1. The Morgan fingerprint density at radius 2 is 2.07 bits per heavy atom. The van der Waals surface area contributed by atoms with Crippen LogP contribution in [-0.2, 0) is 4.79 Å². The molecule has 0 aromatic rings. The van der Waals surface area contributed by atoms with Crippen molar-refractivity contribution < 1.29 is 20.1 Å². The molecule has 0 aromatic carbocycles. The minimum atomic E-state index is -1.90. The molecule has 0 fully saturated rings.